The molecule has 0 aliphatic carbocycles. The lowest BCUT2D eigenvalue weighted by molar-refractivity contribution is -0.130. The second-order valence-electron chi connectivity index (χ2n) is 6.95. The lowest BCUT2D eigenvalue weighted by atomic mass is 10.1. The molecule has 0 bridgehead atoms. The number of likely N-dealkylation sites (tertiary alicyclic amines) is 1. The fourth-order valence-corrected chi connectivity index (χ4v) is 3.38. The van der Waals surface area contributed by atoms with Crippen LogP contribution in [0.2, 0.25) is 0 Å². The molecule has 0 spiro atoms. The summed E-state index contributed by atoms with van der Waals surface area (Å²) in [6.45, 7) is 1.86. The minimum atomic E-state index is -0.271. The van der Waals surface area contributed by atoms with Crippen molar-refractivity contribution in [3.8, 4) is 0 Å². The minimum absolute atomic E-state index is 0.105. The van der Waals surface area contributed by atoms with Crippen LogP contribution in [-0.4, -0.2) is 51.9 Å². The molecule has 27 heavy (non-hydrogen) atoms. The van der Waals surface area contributed by atoms with E-state index in [1.165, 1.54) is 18.2 Å². The quantitative estimate of drug-likeness (QED) is 0.792. The maximum Gasteiger partial charge on any atom is 0.252 e. The molecule has 3 rings (SSSR count). The molecule has 0 unspecified atom stereocenters. The third-order valence-corrected chi connectivity index (χ3v) is 4.90. The lowest BCUT2D eigenvalue weighted by Crippen LogP contribution is -2.36. The van der Waals surface area contributed by atoms with E-state index in [2.05, 4.69) is 14.9 Å². The highest BCUT2D eigenvalue weighted by Crippen LogP contribution is 2.18. The van der Waals surface area contributed by atoms with Gasteiger partial charge in [0.2, 0.25) is 11.9 Å². The average molecular weight is 373 g/mol. The van der Waals surface area contributed by atoms with Gasteiger partial charge < -0.3 is 10.6 Å². The van der Waals surface area contributed by atoms with Crippen LogP contribution in [0, 0.1) is 5.82 Å². The molecular formula is C19H24FN5O2. The Morgan fingerprint density at radius 2 is 2.15 bits per heavy atom. The molecule has 0 radical (unpaired) electrons. The lowest BCUT2D eigenvalue weighted by Gasteiger charge is -2.24. The number of aryl methyl sites for hydroxylation is 1. The zero-order chi connectivity index (χ0) is 19.4. The van der Waals surface area contributed by atoms with Crippen molar-refractivity contribution in [2.45, 2.75) is 31.8 Å². The van der Waals surface area contributed by atoms with Gasteiger partial charge in [0, 0.05) is 38.2 Å². The van der Waals surface area contributed by atoms with Crippen LogP contribution in [0.3, 0.4) is 0 Å². The Labute approximate surface area is 157 Å². The third-order valence-electron chi connectivity index (χ3n) is 4.90. The number of halogens is 1. The molecule has 2 aromatic rings. The number of hydrogen-bond acceptors (Lipinski definition) is 5. The largest absolute Gasteiger partial charge is 0.369 e. The molecule has 7 nitrogen and oxygen atoms in total. The summed E-state index contributed by atoms with van der Waals surface area (Å²) in [5.74, 6) is -0.0594. The first-order valence-corrected chi connectivity index (χ1v) is 8.99. The van der Waals surface area contributed by atoms with Crippen LogP contribution in [-0.2, 0) is 17.8 Å². The van der Waals surface area contributed by atoms with Crippen molar-refractivity contribution in [1.82, 2.24) is 19.8 Å². The Bertz CT molecular complexity index is 852. The molecule has 1 aliphatic heterocycles. The van der Waals surface area contributed by atoms with Crippen molar-refractivity contribution in [3.63, 3.8) is 0 Å². The Balaban J connectivity index is 1.50. The van der Waals surface area contributed by atoms with Gasteiger partial charge in [0.15, 0.2) is 0 Å². The molecule has 0 saturated carbocycles. The topological polar surface area (TPSA) is 95.3 Å². The number of anilines is 1. The molecule has 2 heterocycles. The molecule has 8 heteroatoms. The molecule has 1 atom stereocenters. The first kappa shape index (κ1) is 19.0. The van der Waals surface area contributed by atoms with E-state index >= 15 is 0 Å². The number of H-pyrrole nitrogens is 1. The van der Waals surface area contributed by atoms with E-state index < -0.39 is 0 Å². The van der Waals surface area contributed by atoms with E-state index in [1.54, 1.807) is 12.1 Å². The number of rotatable bonds is 6. The number of carbonyl (C=O) groups is 1. The average Bonchev–Trinajstić information content (AvgIpc) is 3.10. The fraction of sp³-hybridized carbons (Fsp3) is 0.421. The molecule has 1 saturated heterocycles. The molecule has 1 fully saturated rings. The number of carbonyl (C=O) groups excluding carboxylic acids is 1. The van der Waals surface area contributed by atoms with E-state index in [-0.39, 0.29) is 29.3 Å². The summed E-state index contributed by atoms with van der Waals surface area (Å²) in [5.41, 5.74) is 6.88. The predicted octanol–water partition coefficient (Wildman–Crippen LogP) is 1.16. The number of aromatic amines is 1. The molecule has 1 aliphatic rings. The second kappa shape index (κ2) is 8.30. The number of hydrogen-bond donors (Lipinski definition) is 2. The van der Waals surface area contributed by atoms with Crippen molar-refractivity contribution < 1.29 is 9.18 Å². The summed E-state index contributed by atoms with van der Waals surface area (Å²) < 4.78 is 12.9. The summed E-state index contributed by atoms with van der Waals surface area (Å²) in [6.07, 6.45) is 1.89. The highest BCUT2D eigenvalue weighted by Gasteiger charge is 2.28. The maximum absolute atomic E-state index is 12.9. The number of aromatic nitrogens is 2. The van der Waals surface area contributed by atoms with Gasteiger partial charge >= 0.3 is 0 Å². The van der Waals surface area contributed by atoms with Crippen LogP contribution < -0.4 is 11.3 Å². The zero-order valence-electron chi connectivity index (χ0n) is 15.3. The highest BCUT2D eigenvalue weighted by atomic mass is 19.1. The first-order chi connectivity index (χ1) is 12.9. The maximum atomic E-state index is 12.9. The van der Waals surface area contributed by atoms with E-state index in [9.17, 15) is 14.0 Å². The standard InChI is InChI=1S/C19H24FN5O2/c1-24(11-15-10-17(26)23-19(21)22-15)16-8-9-25(12-16)18(27)7-4-13-2-5-14(20)6-3-13/h2-3,5-6,10,16H,4,7-9,11-12H2,1H3,(H3,21,22,23,26)/t16-/m0/s1. The summed E-state index contributed by atoms with van der Waals surface area (Å²) >= 11 is 0. The van der Waals surface area contributed by atoms with Crippen molar-refractivity contribution >= 4 is 11.9 Å². The van der Waals surface area contributed by atoms with E-state index in [0.717, 1.165) is 12.0 Å². The minimum Gasteiger partial charge on any atom is -0.369 e. The van der Waals surface area contributed by atoms with Crippen LogP contribution in [0.15, 0.2) is 35.1 Å². The SMILES string of the molecule is CN(Cc1cc(=O)[nH]c(N)n1)[C@H]1CCN(C(=O)CCc2ccc(F)cc2)C1. The van der Waals surface area contributed by atoms with Crippen LogP contribution in [0.25, 0.3) is 0 Å². The Morgan fingerprint density at radius 1 is 1.41 bits per heavy atom. The van der Waals surface area contributed by atoms with Gasteiger partial charge in [-0.05, 0) is 37.6 Å². The summed E-state index contributed by atoms with van der Waals surface area (Å²) in [4.78, 5) is 34.5. The van der Waals surface area contributed by atoms with Gasteiger partial charge in [-0.1, -0.05) is 12.1 Å². The molecule has 1 aromatic carbocycles. The first-order valence-electron chi connectivity index (χ1n) is 8.99. The number of nitrogens with two attached hydrogens (primary N) is 1. The van der Waals surface area contributed by atoms with Crippen LogP contribution >= 0.6 is 0 Å². The number of likely N-dealkylation sites (N-methyl/N-ethyl adjacent to an activating group) is 1. The van der Waals surface area contributed by atoms with Gasteiger partial charge in [-0.2, -0.15) is 0 Å². The molecule has 144 valence electrons. The fourth-order valence-electron chi connectivity index (χ4n) is 3.38. The predicted molar refractivity (Wildman–Crippen MR) is 100 cm³/mol. The Kier molecular flexibility index (Phi) is 5.85. The molecule has 1 aromatic heterocycles. The van der Waals surface area contributed by atoms with Gasteiger partial charge in [-0.25, -0.2) is 9.37 Å². The van der Waals surface area contributed by atoms with Crippen molar-refractivity contribution in [2.24, 2.45) is 0 Å². The summed E-state index contributed by atoms with van der Waals surface area (Å²) in [7, 11) is 1.95. The second-order valence-corrected chi connectivity index (χ2v) is 6.95. The van der Waals surface area contributed by atoms with Gasteiger partial charge in [0.05, 0.1) is 5.69 Å². The molecule has 3 N–H and O–H groups in total. The van der Waals surface area contributed by atoms with Crippen LogP contribution in [0.5, 0.6) is 0 Å². The third kappa shape index (κ3) is 5.13. The van der Waals surface area contributed by atoms with Crippen LogP contribution in [0.4, 0.5) is 10.3 Å². The van der Waals surface area contributed by atoms with E-state index in [0.29, 0.717) is 38.2 Å². The Morgan fingerprint density at radius 3 is 2.85 bits per heavy atom. The van der Waals surface area contributed by atoms with Crippen LogP contribution in [0.1, 0.15) is 24.1 Å². The van der Waals surface area contributed by atoms with Crippen molar-refractivity contribution in [2.75, 3.05) is 25.9 Å². The van der Waals surface area contributed by atoms with Crippen molar-refractivity contribution in [3.05, 3.63) is 57.8 Å². The number of benzene rings is 1. The normalized spacial score (nSPS) is 16.9. The van der Waals surface area contributed by atoms with Gasteiger partial charge in [0.25, 0.3) is 5.56 Å². The van der Waals surface area contributed by atoms with Gasteiger partial charge in [-0.3, -0.25) is 19.5 Å². The molecule has 1 amide bonds. The highest BCUT2D eigenvalue weighted by molar-refractivity contribution is 5.76. The smallest absolute Gasteiger partial charge is 0.252 e. The summed E-state index contributed by atoms with van der Waals surface area (Å²) in [5, 5.41) is 0. The van der Waals surface area contributed by atoms with Gasteiger partial charge in [-0.15, -0.1) is 0 Å². The monoisotopic (exact) mass is 373 g/mol. The van der Waals surface area contributed by atoms with Crippen molar-refractivity contribution in [1.29, 1.82) is 0 Å². The van der Waals surface area contributed by atoms with Gasteiger partial charge in [0.1, 0.15) is 5.82 Å². The number of amides is 1. The van der Waals surface area contributed by atoms with E-state index in [4.69, 9.17) is 5.73 Å². The molecular weight excluding hydrogens is 349 g/mol. The number of nitrogen functional groups attached to an aromatic ring is 1. The Hall–Kier alpha value is -2.74. The zero-order valence-corrected chi connectivity index (χ0v) is 15.3. The summed E-state index contributed by atoms with van der Waals surface area (Å²) in [6, 6.07) is 7.90. The number of nitrogens with zero attached hydrogens (tertiary/aromatic N) is 3. The van der Waals surface area contributed by atoms with E-state index in [1.807, 2.05) is 11.9 Å². The number of nitrogens with one attached hydrogen (secondary N) is 1.